The number of rotatable bonds is 2. The van der Waals surface area contributed by atoms with Gasteiger partial charge in [0.25, 0.3) is 11.8 Å². The lowest BCUT2D eigenvalue weighted by molar-refractivity contribution is -0.137. The van der Waals surface area contributed by atoms with Crippen molar-refractivity contribution in [3.05, 3.63) is 64.4 Å². The monoisotopic (exact) mass is 372 g/mol. The van der Waals surface area contributed by atoms with Crippen LogP contribution in [0.4, 0.5) is 13.2 Å². The lowest BCUT2D eigenvalue weighted by Crippen LogP contribution is -2.37. The highest BCUT2D eigenvalue weighted by Gasteiger charge is 2.31. The number of furan rings is 1. The third-order valence-electron chi connectivity index (χ3n) is 3.98. The number of hydrogen-bond donors (Lipinski definition) is 1. The van der Waals surface area contributed by atoms with Crippen molar-refractivity contribution in [2.75, 3.05) is 0 Å². The highest BCUT2D eigenvalue weighted by molar-refractivity contribution is 6.19. The van der Waals surface area contributed by atoms with Gasteiger partial charge in [0.2, 0.25) is 0 Å². The fourth-order valence-electron chi connectivity index (χ4n) is 2.59. The second-order valence-corrected chi connectivity index (χ2v) is 5.73. The van der Waals surface area contributed by atoms with E-state index in [2.05, 4.69) is 5.32 Å². The summed E-state index contributed by atoms with van der Waals surface area (Å²) in [5, 5.41) is 11.1. The van der Waals surface area contributed by atoms with Crippen LogP contribution in [-0.2, 0) is 15.8 Å². The zero-order chi connectivity index (χ0) is 19.8. The van der Waals surface area contributed by atoms with Crippen molar-refractivity contribution in [3.8, 4) is 17.4 Å². The van der Waals surface area contributed by atoms with E-state index in [-0.39, 0.29) is 33.8 Å². The number of imide groups is 1. The Labute approximate surface area is 151 Å². The van der Waals surface area contributed by atoms with Crippen LogP contribution in [0.15, 0.2) is 57.5 Å². The standard InChI is InChI=1S/C19H11F3N2O3/c1-10-14(17(25)24-18(26)15(10)9-23)8-13-5-6-16(27-13)11-3-2-4-12(7-11)19(20,21)22/h2-8H,1H3,(H,24,25,26)/b14-8-. The molecule has 0 fully saturated rings. The smallest absolute Gasteiger partial charge is 0.416 e. The van der Waals surface area contributed by atoms with Crippen LogP contribution in [0.5, 0.6) is 0 Å². The van der Waals surface area contributed by atoms with Gasteiger partial charge in [0, 0.05) is 11.1 Å². The van der Waals surface area contributed by atoms with Gasteiger partial charge in [-0.1, -0.05) is 12.1 Å². The van der Waals surface area contributed by atoms with E-state index in [1.54, 1.807) is 6.07 Å². The van der Waals surface area contributed by atoms with E-state index >= 15 is 0 Å². The Kier molecular flexibility index (Phi) is 4.45. The van der Waals surface area contributed by atoms with E-state index in [4.69, 9.17) is 9.68 Å². The predicted molar refractivity (Wildman–Crippen MR) is 88.6 cm³/mol. The van der Waals surface area contributed by atoms with Crippen molar-refractivity contribution >= 4 is 17.9 Å². The van der Waals surface area contributed by atoms with Crippen LogP contribution in [0.25, 0.3) is 17.4 Å². The van der Waals surface area contributed by atoms with Gasteiger partial charge in [0.15, 0.2) is 0 Å². The van der Waals surface area contributed by atoms with Crippen LogP contribution in [-0.4, -0.2) is 11.8 Å². The number of carbonyl (C=O) groups excluding carboxylic acids is 2. The molecule has 27 heavy (non-hydrogen) atoms. The van der Waals surface area contributed by atoms with Gasteiger partial charge in [-0.15, -0.1) is 0 Å². The number of nitriles is 1. The molecule has 0 atom stereocenters. The van der Waals surface area contributed by atoms with Crippen LogP contribution in [0, 0.1) is 11.3 Å². The van der Waals surface area contributed by atoms with E-state index in [0.29, 0.717) is 0 Å². The van der Waals surface area contributed by atoms with Gasteiger partial charge in [0.05, 0.1) is 5.56 Å². The van der Waals surface area contributed by atoms with Crippen LogP contribution < -0.4 is 5.32 Å². The van der Waals surface area contributed by atoms with E-state index in [9.17, 15) is 22.8 Å². The summed E-state index contributed by atoms with van der Waals surface area (Å²) < 4.78 is 44.0. The minimum absolute atomic E-state index is 0.0658. The van der Waals surface area contributed by atoms with Crippen LogP contribution in [0.2, 0.25) is 0 Å². The van der Waals surface area contributed by atoms with Gasteiger partial charge < -0.3 is 4.42 Å². The van der Waals surface area contributed by atoms with Crippen LogP contribution in [0.3, 0.4) is 0 Å². The Morgan fingerprint density at radius 3 is 2.56 bits per heavy atom. The molecule has 2 aromatic rings. The third kappa shape index (κ3) is 3.53. The summed E-state index contributed by atoms with van der Waals surface area (Å²) in [6.07, 6.45) is -3.15. The van der Waals surface area contributed by atoms with Gasteiger partial charge >= 0.3 is 6.18 Å². The zero-order valence-corrected chi connectivity index (χ0v) is 13.8. The normalized spacial score (nSPS) is 16.5. The summed E-state index contributed by atoms with van der Waals surface area (Å²) in [6, 6.07) is 9.33. The zero-order valence-electron chi connectivity index (χ0n) is 13.8. The van der Waals surface area contributed by atoms with E-state index in [0.717, 1.165) is 12.1 Å². The second kappa shape index (κ2) is 6.61. The highest BCUT2D eigenvalue weighted by atomic mass is 19.4. The topological polar surface area (TPSA) is 83.1 Å². The summed E-state index contributed by atoms with van der Waals surface area (Å²) in [7, 11) is 0. The van der Waals surface area contributed by atoms with Crippen molar-refractivity contribution in [1.29, 1.82) is 5.26 Å². The maximum absolute atomic E-state index is 12.8. The first kappa shape index (κ1) is 18.2. The summed E-state index contributed by atoms with van der Waals surface area (Å²) >= 11 is 0. The molecule has 0 radical (unpaired) electrons. The molecule has 0 unspecified atom stereocenters. The summed E-state index contributed by atoms with van der Waals surface area (Å²) in [4.78, 5) is 23.6. The Morgan fingerprint density at radius 2 is 1.89 bits per heavy atom. The van der Waals surface area contributed by atoms with E-state index in [1.165, 1.54) is 37.3 Å². The molecule has 3 rings (SSSR count). The molecule has 1 aromatic carbocycles. The molecule has 0 bridgehead atoms. The van der Waals surface area contributed by atoms with Gasteiger partial charge in [-0.2, -0.15) is 18.4 Å². The molecule has 0 saturated heterocycles. The Morgan fingerprint density at radius 1 is 1.15 bits per heavy atom. The Bertz CT molecular complexity index is 1050. The van der Waals surface area contributed by atoms with Gasteiger partial charge in [-0.05, 0) is 42.8 Å². The molecule has 5 nitrogen and oxygen atoms in total. The van der Waals surface area contributed by atoms with Crippen molar-refractivity contribution in [2.24, 2.45) is 0 Å². The highest BCUT2D eigenvalue weighted by Crippen LogP contribution is 2.33. The van der Waals surface area contributed by atoms with Gasteiger partial charge in [-0.25, -0.2) is 0 Å². The third-order valence-corrected chi connectivity index (χ3v) is 3.98. The number of benzene rings is 1. The summed E-state index contributed by atoms with van der Waals surface area (Å²) in [5.41, 5.74) is -0.508. The molecule has 1 aromatic heterocycles. The van der Waals surface area contributed by atoms with Gasteiger partial charge in [0.1, 0.15) is 23.2 Å². The van der Waals surface area contributed by atoms with E-state index in [1.807, 2.05) is 0 Å². The first-order chi connectivity index (χ1) is 12.7. The maximum Gasteiger partial charge on any atom is 0.416 e. The fourth-order valence-corrected chi connectivity index (χ4v) is 2.59. The number of halogens is 3. The molecule has 1 aliphatic heterocycles. The Balaban J connectivity index is 1.99. The predicted octanol–water partition coefficient (Wildman–Crippen LogP) is 3.85. The molecule has 2 amide bonds. The molecule has 0 saturated carbocycles. The van der Waals surface area contributed by atoms with Crippen LogP contribution in [0.1, 0.15) is 18.2 Å². The molecule has 0 aliphatic carbocycles. The minimum atomic E-state index is -4.48. The summed E-state index contributed by atoms with van der Waals surface area (Å²) in [6.45, 7) is 1.46. The number of hydrogen-bond acceptors (Lipinski definition) is 4. The van der Waals surface area contributed by atoms with Gasteiger partial charge in [-0.3, -0.25) is 14.9 Å². The number of amides is 2. The lowest BCUT2D eigenvalue weighted by Gasteiger charge is -2.15. The molecule has 0 spiro atoms. The number of nitrogens with zero attached hydrogens (tertiary/aromatic N) is 1. The fraction of sp³-hybridized carbons (Fsp3) is 0.105. The molecule has 1 aliphatic rings. The molecule has 8 heteroatoms. The summed E-state index contributed by atoms with van der Waals surface area (Å²) in [5.74, 6) is -1.09. The average molecular weight is 372 g/mol. The molecular formula is C19H11F3N2O3. The molecule has 2 heterocycles. The van der Waals surface area contributed by atoms with Crippen molar-refractivity contribution in [3.63, 3.8) is 0 Å². The SMILES string of the molecule is CC1=C(C#N)C(=O)NC(=O)/C1=C\c1ccc(-c2cccc(C(F)(F)F)c2)o1. The van der Waals surface area contributed by atoms with Crippen molar-refractivity contribution in [2.45, 2.75) is 13.1 Å². The van der Waals surface area contributed by atoms with Crippen molar-refractivity contribution in [1.82, 2.24) is 5.32 Å². The lowest BCUT2D eigenvalue weighted by atomic mass is 9.96. The minimum Gasteiger partial charge on any atom is -0.457 e. The molecular weight excluding hydrogens is 361 g/mol. The maximum atomic E-state index is 12.8. The number of nitrogens with one attached hydrogen (secondary N) is 1. The van der Waals surface area contributed by atoms with Crippen LogP contribution >= 0.6 is 0 Å². The molecule has 1 N–H and O–H groups in total. The Hall–Kier alpha value is -3.60. The number of alkyl halides is 3. The second-order valence-electron chi connectivity index (χ2n) is 5.73. The first-order valence-electron chi connectivity index (χ1n) is 7.67. The average Bonchev–Trinajstić information content (AvgIpc) is 3.07. The largest absolute Gasteiger partial charge is 0.457 e. The van der Waals surface area contributed by atoms with Crippen molar-refractivity contribution < 1.29 is 27.2 Å². The number of carbonyl (C=O) groups is 2. The first-order valence-corrected chi connectivity index (χ1v) is 7.67. The quantitative estimate of drug-likeness (QED) is 0.641. The van der Waals surface area contributed by atoms with E-state index < -0.39 is 23.6 Å². The molecule has 136 valence electrons.